The van der Waals surface area contributed by atoms with Crippen LogP contribution in [0.2, 0.25) is 0 Å². The highest BCUT2D eigenvalue weighted by Gasteiger charge is 1.93. The Kier molecular flexibility index (Phi) is 6.38. The molecule has 2 heteroatoms. The van der Waals surface area contributed by atoms with Crippen LogP contribution >= 0.6 is 0 Å². The van der Waals surface area contributed by atoms with Crippen LogP contribution in [0.3, 0.4) is 0 Å². The van der Waals surface area contributed by atoms with Crippen LogP contribution in [0.15, 0.2) is 54.6 Å². The molecule has 2 aromatic carbocycles. The summed E-state index contributed by atoms with van der Waals surface area (Å²) in [6.45, 7) is 4.76. The molecule has 0 saturated heterocycles. The van der Waals surface area contributed by atoms with Gasteiger partial charge in [-0.15, -0.1) is 0 Å². The molecule has 0 atom stereocenters. The van der Waals surface area contributed by atoms with Crippen LogP contribution in [-0.2, 0) is 0 Å². The molecule has 2 nitrogen and oxygen atoms in total. The highest BCUT2D eigenvalue weighted by atomic mass is 16.5. The van der Waals surface area contributed by atoms with Gasteiger partial charge in [-0.2, -0.15) is 0 Å². The van der Waals surface area contributed by atoms with E-state index in [2.05, 4.69) is 24.1 Å². The zero-order valence-corrected chi connectivity index (χ0v) is 12.4. The monoisotopic (exact) mass is 279 g/mol. The molecule has 21 heavy (non-hydrogen) atoms. The minimum absolute atomic E-state index is 0.690. The van der Waals surface area contributed by atoms with E-state index in [1.54, 1.807) is 0 Å². The van der Waals surface area contributed by atoms with Gasteiger partial charge in [-0.05, 0) is 49.4 Å². The number of hydrogen-bond acceptors (Lipinski definition) is 2. The molecule has 0 radical (unpaired) electrons. The highest BCUT2D eigenvalue weighted by molar-refractivity contribution is 5.44. The lowest BCUT2D eigenvalue weighted by atomic mass is 10.2. The maximum absolute atomic E-state index is 5.66. The van der Waals surface area contributed by atoms with Crippen LogP contribution < -0.4 is 10.1 Å². The first-order chi connectivity index (χ1) is 10.4. The Balaban J connectivity index is 1.83. The van der Waals surface area contributed by atoms with Gasteiger partial charge in [-0.3, -0.25) is 0 Å². The SMILES string of the molecule is CCCNCCOc1ccc(C#Cc2ccccc2)cc1. The molecule has 1 N–H and O–H groups in total. The van der Waals surface area contributed by atoms with Crippen molar-refractivity contribution < 1.29 is 4.74 Å². The molecule has 0 bridgehead atoms. The minimum Gasteiger partial charge on any atom is -0.492 e. The zero-order chi connectivity index (χ0) is 14.8. The Morgan fingerprint density at radius 1 is 0.857 bits per heavy atom. The fraction of sp³-hybridized carbons (Fsp3) is 0.263. The molecule has 2 aromatic rings. The van der Waals surface area contributed by atoms with Crippen molar-refractivity contribution in [2.24, 2.45) is 0 Å². The van der Waals surface area contributed by atoms with E-state index in [-0.39, 0.29) is 0 Å². The van der Waals surface area contributed by atoms with Crippen LogP contribution in [0.1, 0.15) is 24.5 Å². The fourth-order valence-corrected chi connectivity index (χ4v) is 1.84. The normalized spacial score (nSPS) is 9.76. The Labute approximate surface area is 127 Å². The summed E-state index contributed by atoms with van der Waals surface area (Å²) in [5.74, 6) is 7.19. The van der Waals surface area contributed by atoms with E-state index in [9.17, 15) is 0 Å². The molecular weight excluding hydrogens is 258 g/mol. The van der Waals surface area contributed by atoms with Gasteiger partial charge < -0.3 is 10.1 Å². The second-order valence-electron chi connectivity index (χ2n) is 4.74. The second kappa shape index (κ2) is 8.84. The molecule has 0 aromatic heterocycles. The molecule has 0 saturated carbocycles. The quantitative estimate of drug-likeness (QED) is 0.646. The van der Waals surface area contributed by atoms with Crippen molar-refractivity contribution in [3.05, 3.63) is 65.7 Å². The topological polar surface area (TPSA) is 21.3 Å². The van der Waals surface area contributed by atoms with Crippen LogP contribution in [0.4, 0.5) is 0 Å². The van der Waals surface area contributed by atoms with Crippen LogP contribution in [0.5, 0.6) is 5.75 Å². The fourth-order valence-electron chi connectivity index (χ4n) is 1.84. The van der Waals surface area contributed by atoms with Crippen molar-refractivity contribution in [3.8, 4) is 17.6 Å². The molecule has 2 rings (SSSR count). The number of hydrogen-bond donors (Lipinski definition) is 1. The minimum atomic E-state index is 0.690. The maximum Gasteiger partial charge on any atom is 0.119 e. The van der Waals surface area contributed by atoms with Gasteiger partial charge in [0.1, 0.15) is 12.4 Å². The van der Waals surface area contributed by atoms with Crippen molar-refractivity contribution in [3.63, 3.8) is 0 Å². The van der Waals surface area contributed by atoms with Crippen LogP contribution in [0.25, 0.3) is 0 Å². The summed E-state index contributed by atoms with van der Waals surface area (Å²) in [6.07, 6.45) is 1.15. The van der Waals surface area contributed by atoms with Crippen molar-refractivity contribution in [2.75, 3.05) is 19.7 Å². The van der Waals surface area contributed by atoms with E-state index in [4.69, 9.17) is 4.74 Å². The Morgan fingerprint density at radius 3 is 2.19 bits per heavy atom. The van der Waals surface area contributed by atoms with Gasteiger partial charge in [0.25, 0.3) is 0 Å². The number of benzene rings is 2. The zero-order valence-electron chi connectivity index (χ0n) is 12.4. The lowest BCUT2D eigenvalue weighted by Gasteiger charge is -2.06. The predicted octanol–water partition coefficient (Wildman–Crippen LogP) is 3.46. The van der Waals surface area contributed by atoms with Gasteiger partial charge in [0.2, 0.25) is 0 Å². The molecule has 0 aliphatic rings. The van der Waals surface area contributed by atoms with Crippen molar-refractivity contribution in [1.82, 2.24) is 5.32 Å². The molecule has 0 heterocycles. The van der Waals surface area contributed by atoms with Gasteiger partial charge in [-0.1, -0.05) is 37.0 Å². The smallest absolute Gasteiger partial charge is 0.119 e. The summed E-state index contributed by atoms with van der Waals surface area (Å²) in [4.78, 5) is 0. The molecule has 0 spiro atoms. The first-order valence-corrected chi connectivity index (χ1v) is 7.39. The summed E-state index contributed by atoms with van der Waals surface area (Å²) >= 11 is 0. The third kappa shape index (κ3) is 5.72. The first-order valence-electron chi connectivity index (χ1n) is 7.39. The molecule has 0 aliphatic carbocycles. The molecule has 108 valence electrons. The van der Waals surface area contributed by atoms with Gasteiger partial charge in [0, 0.05) is 17.7 Å². The average Bonchev–Trinajstić information content (AvgIpc) is 2.55. The van der Waals surface area contributed by atoms with E-state index in [1.165, 1.54) is 0 Å². The third-order valence-corrected chi connectivity index (χ3v) is 2.95. The van der Waals surface area contributed by atoms with E-state index in [0.717, 1.165) is 36.4 Å². The van der Waals surface area contributed by atoms with Gasteiger partial charge in [-0.25, -0.2) is 0 Å². The standard InChI is InChI=1S/C19H21NO/c1-2-14-20-15-16-21-19-12-10-18(11-13-19)9-8-17-6-4-3-5-7-17/h3-7,10-13,20H,2,14-16H2,1H3. The lowest BCUT2D eigenvalue weighted by molar-refractivity contribution is 0.314. The van der Waals surface area contributed by atoms with E-state index in [1.807, 2.05) is 54.6 Å². The van der Waals surface area contributed by atoms with E-state index in [0.29, 0.717) is 6.61 Å². The lowest BCUT2D eigenvalue weighted by Crippen LogP contribution is -2.21. The van der Waals surface area contributed by atoms with Crippen molar-refractivity contribution in [2.45, 2.75) is 13.3 Å². The molecule has 0 amide bonds. The Morgan fingerprint density at radius 2 is 1.52 bits per heavy atom. The Bertz CT molecular complexity index is 578. The van der Waals surface area contributed by atoms with Crippen LogP contribution in [-0.4, -0.2) is 19.7 Å². The average molecular weight is 279 g/mol. The largest absolute Gasteiger partial charge is 0.492 e. The summed E-state index contributed by atoms with van der Waals surface area (Å²) in [7, 11) is 0. The summed E-state index contributed by atoms with van der Waals surface area (Å²) in [5.41, 5.74) is 2.02. The molecule has 0 aliphatic heterocycles. The number of rotatable bonds is 6. The van der Waals surface area contributed by atoms with E-state index < -0.39 is 0 Å². The predicted molar refractivity (Wildman–Crippen MR) is 87.5 cm³/mol. The van der Waals surface area contributed by atoms with Crippen molar-refractivity contribution >= 4 is 0 Å². The van der Waals surface area contributed by atoms with Crippen molar-refractivity contribution in [1.29, 1.82) is 0 Å². The highest BCUT2D eigenvalue weighted by Crippen LogP contribution is 2.11. The molecule has 0 unspecified atom stereocenters. The van der Waals surface area contributed by atoms with Gasteiger partial charge in [0.15, 0.2) is 0 Å². The summed E-state index contributed by atoms with van der Waals surface area (Å²) < 4.78 is 5.66. The number of ether oxygens (including phenoxy) is 1. The summed E-state index contributed by atoms with van der Waals surface area (Å²) in [5, 5.41) is 3.31. The number of nitrogens with one attached hydrogen (secondary N) is 1. The van der Waals surface area contributed by atoms with Gasteiger partial charge in [0.05, 0.1) is 0 Å². The van der Waals surface area contributed by atoms with E-state index >= 15 is 0 Å². The third-order valence-electron chi connectivity index (χ3n) is 2.95. The maximum atomic E-state index is 5.66. The molecule has 0 fully saturated rings. The Hall–Kier alpha value is -2.24. The summed E-state index contributed by atoms with van der Waals surface area (Å²) in [6, 6.07) is 17.9. The second-order valence-corrected chi connectivity index (χ2v) is 4.74. The first kappa shape index (κ1) is 15.2. The molecular formula is C19H21NO. The van der Waals surface area contributed by atoms with Crippen LogP contribution in [0, 0.1) is 11.8 Å². The van der Waals surface area contributed by atoms with Gasteiger partial charge >= 0.3 is 0 Å².